The van der Waals surface area contributed by atoms with Crippen molar-refractivity contribution in [3.8, 4) is 17.6 Å². The fourth-order valence-electron chi connectivity index (χ4n) is 5.31. The number of amides is 1. The minimum atomic E-state index is -0.652. The van der Waals surface area contributed by atoms with E-state index in [1.807, 2.05) is 0 Å². The highest BCUT2D eigenvalue weighted by molar-refractivity contribution is 6.33. The third kappa shape index (κ3) is 5.24. The maximum Gasteiger partial charge on any atom is 0.319 e. The number of aromatic nitrogens is 5. The number of pyridine rings is 1. The van der Waals surface area contributed by atoms with Gasteiger partial charge in [0.2, 0.25) is 11.8 Å². The molecular formula is C28H30ClFN8O3. The van der Waals surface area contributed by atoms with Gasteiger partial charge in [-0.3, -0.25) is 9.89 Å². The monoisotopic (exact) mass is 580 g/mol. The Hall–Kier alpha value is -4.03. The Balaban J connectivity index is 1.43. The van der Waals surface area contributed by atoms with Gasteiger partial charge in [0.05, 0.1) is 22.5 Å². The molecule has 4 aromatic rings. The fraction of sp³-hybridized carbons (Fsp3) is 0.393. The molecule has 0 aliphatic carbocycles. The lowest BCUT2D eigenvalue weighted by molar-refractivity contribution is -0.126. The molecule has 0 saturated carbocycles. The molecular weight excluding hydrogens is 551 g/mol. The first kappa shape index (κ1) is 27.2. The number of benzene rings is 1. The standard InChI is InChI=1S/C28H30ClFN8O3/c1-4-22(39)37-9-11-38(12-10-37)26-17-5-7-31-27(41-25-18-14-32-35-20(18)13-19(30)23(25)29)24(17)33-28(34-26)40-21-15-36(3)8-6-16(21)2/h4-5,7,13-14,16,21H,1,6,8-12,15H2,2-3H3,(H,32,35)/t16-,21?/m1/s1. The minimum absolute atomic E-state index is 0.0807. The number of halogens is 2. The molecule has 3 aromatic heterocycles. The number of hydrogen-bond donors (Lipinski definition) is 1. The molecule has 0 radical (unpaired) electrons. The van der Waals surface area contributed by atoms with Crippen molar-refractivity contribution in [1.29, 1.82) is 0 Å². The second-order valence-corrected chi connectivity index (χ2v) is 10.9. The Morgan fingerprint density at radius 2 is 2.02 bits per heavy atom. The summed E-state index contributed by atoms with van der Waals surface area (Å²) < 4.78 is 27.2. The smallest absolute Gasteiger partial charge is 0.319 e. The van der Waals surface area contributed by atoms with Gasteiger partial charge >= 0.3 is 6.01 Å². The second-order valence-electron chi connectivity index (χ2n) is 10.5. The van der Waals surface area contributed by atoms with Gasteiger partial charge < -0.3 is 24.2 Å². The molecule has 13 heteroatoms. The zero-order valence-electron chi connectivity index (χ0n) is 22.8. The predicted octanol–water partition coefficient (Wildman–Crippen LogP) is 4.04. The summed E-state index contributed by atoms with van der Waals surface area (Å²) in [7, 11) is 2.06. The Bertz CT molecular complexity index is 1620. The molecule has 214 valence electrons. The molecule has 0 spiro atoms. The highest BCUT2D eigenvalue weighted by Crippen LogP contribution is 2.40. The number of piperidine rings is 1. The lowest BCUT2D eigenvalue weighted by Crippen LogP contribution is -2.48. The first-order valence-electron chi connectivity index (χ1n) is 13.5. The van der Waals surface area contributed by atoms with E-state index in [9.17, 15) is 9.18 Å². The second kappa shape index (κ2) is 11.1. The number of aromatic amines is 1. The van der Waals surface area contributed by atoms with Crippen LogP contribution in [0.2, 0.25) is 5.02 Å². The van der Waals surface area contributed by atoms with E-state index in [0.717, 1.165) is 19.5 Å². The van der Waals surface area contributed by atoms with Gasteiger partial charge in [-0.2, -0.15) is 15.1 Å². The summed E-state index contributed by atoms with van der Waals surface area (Å²) in [5, 5.41) is 7.73. The van der Waals surface area contributed by atoms with E-state index in [1.54, 1.807) is 17.2 Å². The quantitative estimate of drug-likeness (QED) is 0.338. The summed E-state index contributed by atoms with van der Waals surface area (Å²) in [5.74, 6) is 0.401. The van der Waals surface area contributed by atoms with Gasteiger partial charge in [-0.25, -0.2) is 9.37 Å². The third-order valence-corrected chi connectivity index (χ3v) is 8.10. The number of likely N-dealkylation sites (N-methyl/N-ethyl adjacent to an activating group) is 1. The number of piperazine rings is 1. The molecule has 2 aliphatic rings. The molecule has 2 atom stereocenters. The number of H-pyrrole nitrogens is 1. The van der Waals surface area contributed by atoms with Crippen molar-refractivity contribution in [2.24, 2.45) is 5.92 Å². The van der Waals surface area contributed by atoms with E-state index in [2.05, 4.69) is 45.5 Å². The minimum Gasteiger partial charge on any atom is -0.458 e. The van der Waals surface area contributed by atoms with E-state index >= 15 is 0 Å². The molecule has 6 rings (SSSR count). The maximum absolute atomic E-state index is 14.6. The van der Waals surface area contributed by atoms with Gasteiger partial charge in [0.25, 0.3) is 0 Å². The van der Waals surface area contributed by atoms with E-state index in [-0.39, 0.29) is 34.7 Å². The molecule has 0 bridgehead atoms. The number of rotatable bonds is 6. The van der Waals surface area contributed by atoms with Crippen LogP contribution in [0.3, 0.4) is 0 Å². The summed E-state index contributed by atoms with van der Waals surface area (Å²) >= 11 is 6.35. The Morgan fingerprint density at radius 1 is 1.22 bits per heavy atom. The van der Waals surface area contributed by atoms with Crippen LogP contribution in [0.5, 0.6) is 17.6 Å². The molecule has 1 aromatic carbocycles. The summed E-state index contributed by atoms with van der Waals surface area (Å²) in [4.78, 5) is 32.3. The van der Waals surface area contributed by atoms with Crippen molar-refractivity contribution in [3.63, 3.8) is 0 Å². The zero-order valence-corrected chi connectivity index (χ0v) is 23.6. The lowest BCUT2D eigenvalue weighted by atomic mass is 9.96. The summed E-state index contributed by atoms with van der Waals surface area (Å²) in [6.45, 7) is 9.64. The number of anilines is 1. The average molecular weight is 581 g/mol. The van der Waals surface area contributed by atoms with Crippen LogP contribution in [0, 0.1) is 11.7 Å². The first-order chi connectivity index (χ1) is 19.8. The number of likely N-dealkylation sites (tertiary alicyclic amines) is 1. The molecule has 1 amide bonds. The highest BCUT2D eigenvalue weighted by atomic mass is 35.5. The molecule has 2 saturated heterocycles. The van der Waals surface area contributed by atoms with Crippen molar-refractivity contribution in [3.05, 3.63) is 48.0 Å². The van der Waals surface area contributed by atoms with Crippen LogP contribution in [0.4, 0.5) is 10.2 Å². The number of fused-ring (bicyclic) bond motifs is 2. The number of ether oxygens (including phenoxy) is 2. The van der Waals surface area contributed by atoms with Crippen molar-refractivity contribution >= 4 is 45.1 Å². The zero-order chi connectivity index (χ0) is 28.7. The van der Waals surface area contributed by atoms with Crippen LogP contribution in [0.1, 0.15) is 13.3 Å². The number of carbonyl (C=O) groups is 1. The average Bonchev–Trinajstić information content (AvgIpc) is 3.45. The van der Waals surface area contributed by atoms with Crippen LogP contribution in [-0.4, -0.2) is 93.3 Å². The van der Waals surface area contributed by atoms with Gasteiger partial charge in [0, 0.05) is 45.0 Å². The highest BCUT2D eigenvalue weighted by Gasteiger charge is 2.29. The normalized spacial score (nSPS) is 20.0. The van der Waals surface area contributed by atoms with Crippen LogP contribution < -0.4 is 14.4 Å². The Morgan fingerprint density at radius 3 is 2.80 bits per heavy atom. The van der Waals surface area contributed by atoms with Crippen LogP contribution in [0.25, 0.3) is 21.8 Å². The summed E-state index contributed by atoms with van der Waals surface area (Å²) in [5.41, 5.74) is 0.828. The third-order valence-electron chi connectivity index (χ3n) is 7.75. The molecule has 11 nitrogen and oxygen atoms in total. The van der Waals surface area contributed by atoms with E-state index in [4.69, 9.17) is 31.0 Å². The van der Waals surface area contributed by atoms with Crippen molar-refractivity contribution in [1.82, 2.24) is 34.9 Å². The molecule has 5 heterocycles. The molecule has 2 aliphatic heterocycles. The molecule has 41 heavy (non-hydrogen) atoms. The first-order valence-corrected chi connectivity index (χ1v) is 13.9. The van der Waals surface area contributed by atoms with E-state index in [0.29, 0.717) is 59.7 Å². The van der Waals surface area contributed by atoms with Crippen molar-refractivity contribution in [2.45, 2.75) is 19.4 Å². The van der Waals surface area contributed by atoms with Crippen molar-refractivity contribution < 1.29 is 18.7 Å². The molecule has 1 unspecified atom stereocenters. The molecule has 2 fully saturated rings. The number of carbonyl (C=O) groups excluding carboxylic acids is 1. The van der Waals surface area contributed by atoms with Crippen molar-refractivity contribution in [2.75, 3.05) is 51.2 Å². The SMILES string of the molecule is C=CC(=O)N1CCN(c2nc(OC3CN(C)CC[C@H]3C)nc3c(Oc4c(Cl)c(F)cc5[nH]ncc45)nccc23)CC1. The lowest BCUT2D eigenvalue weighted by Gasteiger charge is -2.36. The van der Waals surface area contributed by atoms with Gasteiger partial charge in [-0.05, 0) is 38.1 Å². The molecule has 1 N–H and O–H groups in total. The van der Waals surface area contributed by atoms with Gasteiger partial charge in [0.15, 0.2) is 5.75 Å². The maximum atomic E-state index is 14.6. The van der Waals surface area contributed by atoms with Gasteiger partial charge in [0.1, 0.15) is 28.3 Å². The predicted molar refractivity (Wildman–Crippen MR) is 153 cm³/mol. The largest absolute Gasteiger partial charge is 0.458 e. The topological polar surface area (TPSA) is 113 Å². The van der Waals surface area contributed by atoms with Gasteiger partial charge in [-0.1, -0.05) is 25.1 Å². The van der Waals surface area contributed by atoms with Gasteiger partial charge in [-0.15, -0.1) is 0 Å². The number of hydrogen-bond acceptors (Lipinski definition) is 9. The van der Waals surface area contributed by atoms with E-state index in [1.165, 1.54) is 18.3 Å². The van der Waals surface area contributed by atoms with Crippen LogP contribution >= 0.6 is 11.6 Å². The van der Waals surface area contributed by atoms with Crippen LogP contribution in [-0.2, 0) is 4.79 Å². The number of nitrogens with zero attached hydrogens (tertiary/aromatic N) is 7. The number of nitrogens with one attached hydrogen (secondary N) is 1. The fourth-order valence-corrected chi connectivity index (χ4v) is 5.50. The summed E-state index contributed by atoms with van der Waals surface area (Å²) in [6.07, 6.45) is 5.32. The Labute approximate surface area is 240 Å². The van der Waals surface area contributed by atoms with Crippen LogP contribution in [0.15, 0.2) is 37.2 Å². The van der Waals surface area contributed by atoms with E-state index < -0.39 is 5.82 Å². The Kier molecular flexibility index (Phi) is 7.35. The summed E-state index contributed by atoms with van der Waals surface area (Å²) in [6, 6.07) is 3.26.